The van der Waals surface area contributed by atoms with Crippen LogP contribution in [-0.2, 0) is 19.1 Å². The van der Waals surface area contributed by atoms with Gasteiger partial charge in [0.25, 0.3) is 0 Å². The monoisotopic (exact) mass is 372 g/mol. The molecule has 0 amide bonds. The first-order valence-corrected chi connectivity index (χ1v) is 9.08. The predicted octanol–water partition coefficient (Wildman–Crippen LogP) is 2.72. The van der Waals surface area contributed by atoms with E-state index in [2.05, 4.69) is 0 Å². The maximum atomic E-state index is 11.7. The van der Waals surface area contributed by atoms with E-state index in [1.165, 1.54) is 0 Å². The molecule has 2 unspecified atom stereocenters. The molecule has 2 atom stereocenters. The van der Waals surface area contributed by atoms with Crippen molar-refractivity contribution in [3.63, 3.8) is 0 Å². The van der Waals surface area contributed by atoms with E-state index in [9.17, 15) is 19.8 Å². The van der Waals surface area contributed by atoms with Gasteiger partial charge in [-0.1, -0.05) is 55.4 Å². The third-order valence-corrected chi connectivity index (χ3v) is 4.39. The average molecular weight is 373 g/mol. The van der Waals surface area contributed by atoms with Crippen molar-refractivity contribution < 1.29 is 29.3 Å². The van der Waals surface area contributed by atoms with Crippen molar-refractivity contribution in [3.05, 3.63) is 12.2 Å². The molecule has 0 radical (unpaired) electrons. The maximum absolute atomic E-state index is 11.7. The molecule has 0 aliphatic rings. The van der Waals surface area contributed by atoms with Crippen molar-refractivity contribution in [2.45, 2.75) is 67.6 Å². The molecule has 0 aromatic rings. The van der Waals surface area contributed by atoms with E-state index in [1.54, 1.807) is 0 Å². The van der Waals surface area contributed by atoms with Crippen LogP contribution in [0.15, 0.2) is 12.2 Å². The minimum atomic E-state index is -0.674. The number of ether oxygens (including phenoxy) is 2. The summed E-state index contributed by atoms with van der Waals surface area (Å²) in [6.07, 6.45) is 0.788. The van der Waals surface area contributed by atoms with Crippen LogP contribution in [0.4, 0.5) is 0 Å². The van der Waals surface area contributed by atoms with E-state index in [1.807, 2.05) is 55.4 Å². The zero-order valence-corrected chi connectivity index (χ0v) is 17.4. The predicted molar refractivity (Wildman–Crippen MR) is 100 cm³/mol. The Hall–Kier alpha value is -1.40. The van der Waals surface area contributed by atoms with Crippen molar-refractivity contribution in [2.24, 2.45) is 22.7 Å². The number of esters is 2. The standard InChI is InChI=1S/C20H36O6/c1-13(2)17(23)19(5,6)11-25-15(21)9-10-16(22)26-12-20(7,8)18(24)14(3)4/h9-10,13-14,17-18,23-24H,11-12H2,1-8H3/b10-9-. The Morgan fingerprint density at radius 3 is 1.27 bits per heavy atom. The lowest BCUT2D eigenvalue weighted by atomic mass is 9.81. The molecule has 0 aromatic carbocycles. The van der Waals surface area contributed by atoms with Crippen LogP contribution < -0.4 is 0 Å². The lowest BCUT2D eigenvalue weighted by Crippen LogP contribution is -2.38. The maximum Gasteiger partial charge on any atom is 0.331 e. The van der Waals surface area contributed by atoms with Gasteiger partial charge in [0.15, 0.2) is 0 Å². The molecule has 6 nitrogen and oxygen atoms in total. The van der Waals surface area contributed by atoms with Gasteiger partial charge in [0.2, 0.25) is 0 Å². The number of carbonyl (C=O) groups excluding carboxylic acids is 2. The molecule has 0 spiro atoms. The number of rotatable bonds is 10. The van der Waals surface area contributed by atoms with E-state index in [0.717, 1.165) is 12.2 Å². The summed E-state index contributed by atoms with van der Waals surface area (Å²) in [4.78, 5) is 23.5. The molecule has 2 N–H and O–H groups in total. The Morgan fingerprint density at radius 2 is 1.04 bits per heavy atom. The summed E-state index contributed by atoms with van der Waals surface area (Å²) in [6, 6.07) is 0. The highest BCUT2D eigenvalue weighted by molar-refractivity contribution is 5.91. The molecule has 0 aliphatic heterocycles. The fraction of sp³-hybridized carbons (Fsp3) is 0.800. The van der Waals surface area contributed by atoms with Crippen molar-refractivity contribution in [3.8, 4) is 0 Å². The average Bonchev–Trinajstić information content (AvgIpc) is 2.54. The fourth-order valence-corrected chi connectivity index (χ4v) is 2.72. The van der Waals surface area contributed by atoms with E-state index in [4.69, 9.17) is 9.47 Å². The molecule has 0 bridgehead atoms. The minimum Gasteiger partial charge on any atom is -0.462 e. The van der Waals surface area contributed by atoms with Crippen LogP contribution in [-0.4, -0.2) is 47.6 Å². The summed E-state index contributed by atoms with van der Waals surface area (Å²) in [5.41, 5.74) is -1.18. The Morgan fingerprint density at radius 1 is 0.769 bits per heavy atom. The van der Waals surface area contributed by atoms with Crippen LogP contribution in [0.25, 0.3) is 0 Å². The molecular weight excluding hydrogens is 336 g/mol. The SMILES string of the molecule is CC(C)C(O)C(C)(C)COC(=O)/C=C\C(=O)OCC(C)(C)C(O)C(C)C. The molecular formula is C20H36O6. The van der Waals surface area contributed by atoms with Crippen molar-refractivity contribution >= 4 is 11.9 Å². The summed E-state index contributed by atoms with van der Waals surface area (Å²) in [7, 11) is 0. The number of aliphatic hydroxyl groups excluding tert-OH is 2. The molecule has 0 saturated heterocycles. The smallest absolute Gasteiger partial charge is 0.331 e. The number of carbonyl (C=O) groups is 2. The topological polar surface area (TPSA) is 93.1 Å². The van der Waals surface area contributed by atoms with Gasteiger partial charge in [0.1, 0.15) is 0 Å². The summed E-state index contributed by atoms with van der Waals surface area (Å²) in [5, 5.41) is 20.2. The zero-order chi connectivity index (χ0) is 20.7. The lowest BCUT2D eigenvalue weighted by molar-refractivity contribution is -0.146. The molecule has 0 rings (SSSR count). The minimum absolute atomic E-state index is 0.0399. The van der Waals surface area contributed by atoms with Gasteiger partial charge in [-0.2, -0.15) is 0 Å². The molecule has 26 heavy (non-hydrogen) atoms. The fourth-order valence-electron chi connectivity index (χ4n) is 2.72. The first-order chi connectivity index (χ1) is 11.7. The molecule has 0 saturated carbocycles. The Kier molecular flexibility index (Phi) is 9.53. The highest BCUT2D eigenvalue weighted by Crippen LogP contribution is 2.27. The van der Waals surface area contributed by atoms with E-state index < -0.39 is 35.0 Å². The van der Waals surface area contributed by atoms with Gasteiger partial charge >= 0.3 is 11.9 Å². The van der Waals surface area contributed by atoms with Gasteiger partial charge in [-0.05, 0) is 11.8 Å². The second kappa shape index (κ2) is 10.1. The normalized spacial score (nSPS) is 15.4. The first kappa shape index (κ1) is 24.6. The van der Waals surface area contributed by atoms with Gasteiger partial charge in [0.05, 0.1) is 25.4 Å². The summed E-state index contributed by atoms with van der Waals surface area (Å²) >= 11 is 0. The molecule has 0 aliphatic carbocycles. The largest absolute Gasteiger partial charge is 0.462 e. The quantitative estimate of drug-likeness (QED) is 0.452. The van der Waals surface area contributed by atoms with Crippen LogP contribution in [0.1, 0.15) is 55.4 Å². The van der Waals surface area contributed by atoms with Gasteiger partial charge in [0, 0.05) is 23.0 Å². The highest BCUT2D eigenvalue weighted by atomic mass is 16.5. The van der Waals surface area contributed by atoms with Gasteiger partial charge in [-0.15, -0.1) is 0 Å². The molecule has 0 heterocycles. The molecule has 0 fully saturated rings. The summed E-state index contributed by atoms with van der Waals surface area (Å²) < 4.78 is 10.2. The Labute approximate surface area is 157 Å². The first-order valence-electron chi connectivity index (χ1n) is 9.08. The Bertz CT molecular complexity index is 447. The van der Waals surface area contributed by atoms with E-state index in [0.29, 0.717) is 0 Å². The second-order valence-corrected chi connectivity index (χ2v) is 8.90. The van der Waals surface area contributed by atoms with E-state index >= 15 is 0 Å². The van der Waals surface area contributed by atoms with Crippen LogP contribution in [0.5, 0.6) is 0 Å². The molecule has 152 valence electrons. The third kappa shape index (κ3) is 8.32. The van der Waals surface area contributed by atoms with Crippen molar-refractivity contribution in [1.29, 1.82) is 0 Å². The van der Waals surface area contributed by atoms with E-state index in [-0.39, 0.29) is 25.0 Å². The van der Waals surface area contributed by atoms with Gasteiger partial charge in [-0.3, -0.25) is 0 Å². The summed E-state index contributed by atoms with van der Waals surface area (Å²) in [5.74, 6) is -1.27. The molecule has 0 aromatic heterocycles. The number of aliphatic hydroxyl groups is 2. The highest BCUT2D eigenvalue weighted by Gasteiger charge is 2.32. The van der Waals surface area contributed by atoms with Crippen molar-refractivity contribution in [2.75, 3.05) is 13.2 Å². The zero-order valence-electron chi connectivity index (χ0n) is 17.4. The Balaban J connectivity index is 4.46. The third-order valence-electron chi connectivity index (χ3n) is 4.39. The molecule has 6 heteroatoms. The summed E-state index contributed by atoms with van der Waals surface area (Å²) in [6.45, 7) is 14.9. The number of hydrogen-bond donors (Lipinski definition) is 2. The lowest BCUT2D eigenvalue weighted by Gasteiger charge is -2.32. The van der Waals surface area contributed by atoms with Crippen LogP contribution >= 0.6 is 0 Å². The van der Waals surface area contributed by atoms with Crippen LogP contribution in [0.2, 0.25) is 0 Å². The van der Waals surface area contributed by atoms with Gasteiger partial charge in [-0.25, -0.2) is 9.59 Å². The van der Waals surface area contributed by atoms with Crippen molar-refractivity contribution in [1.82, 2.24) is 0 Å². The van der Waals surface area contributed by atoms with Crippen LogP contribution in [0, 0.1) is 22.7 Å². The number of hydrogen-bond acceptors (Lipinski definition) is 6. The second-order valence-electron chi connectivity index (χ2n) is 8.90. The van der Waals surface area contributed by atoms with Crippen LogP contribution in [0.3, 0.4) is 0 Å². The van der Waals surface area contributed by atoms with Gasteiger partial charge < -0.3 is 19.7 Å².